The number of urea groups is 1. The highest BCUT2D eigenvalue weighted by Gasteiger charge is 2.51. The molecule has 1 heterocycles. The van der Waals surface area contributed by atoms with E-state index in [1.165, 1.54) is 11.9 Å². The standard InChI is InChI=1S/C21H30N4O5/c1-7-21(14-8-10-15(30-6)11-9-14)18(28)25(19(29)23-21)13-17(27)24(5)12-16(26)22-20(2,3)4/h8-11H,7,12-13H2,1-6H3,(H,22,26)(H,23,29)/t21-/m0/s1. The molecule has 1 aliphatic rings. The van der Waals surface area contributed by atoms with Crippen molar-refractivity contribution in [3.8, 4) is 5.75 Å². The van der Waals surface area contributed by atoms with Gasteiger partial charge in [0, 0.05) is 12.6 Å². The van der Waals surface area contributed by atoms with Crippen LogP contribution in [-0.2, 0) is 19.9 Å². The molecule has 1 aromatic rings. The van der Waals surface area contributed by atoms with E-state index in [1.807, 2.05) is 20.8 Å². The molecule has 0 saturated carbocycles. The van der Waals surface area contributed by atoms with E-state index >= 15 is 0 Å². The fourth-order valence-electron chi connectivity index (χ4n) is 3.30. The SMILES string of the molecule is CC[C@@]1(c2ccc(OC)cc2)NC(=O)N(CC(=O)N(C)CC(=O)NC(C)(C)C)C1=O. The van der Waals surface area contributed by atoms with Crippen molar-refractivity contribution in [2.75, 3.05) is 27.2 Å². The minimum Gasteiger partial charge on any atom is -0.497 e. The molecule has 1 aromatic carbocycles. The van der Waals surface area contributed by atoms with Gasteiger partial charge in [-0.3, -0.25) is 19.3 Å². The van der Waals surface area contributed by atoms with E-state index in [9.17, 15) is 19.2 Å². The van der Waals surface area contributed by atoms with E-state index < -0.39 is 35.5 Å². The highest BCUT2D eigenvalue weighted by molar-refractivity contribution is 6.09. The number of hydrogen-bond acceptors (Lipinski definition) is 5. The smallest absolute Gasteiger partial charge is 0.325 e. The zero-order valence-electron chi connectivity index (χ0n) is 18.4. The Bertz CT molecular complexity index is 831. The predicted octanol–water partition coefficient (Wildman–Crippen LogP) is 1.23. The molecule has 0 unspecified atom stereocenters. The average molecular weight is 418 g/mol. The summed E-state index contributed by atoms with van der Waals surface area (Å²) in [5.74, 6) is -0.703. The number of nitrogens with zero attached hydrogens (tertiary/aromatic N) is 2. The zero-order chi connectivity index (χ0) is 22.7. The van der Waals surface area contributed by atoms with E-state index in [0.29, 0.717) is 17.7 Å². The van der Waals surface area contributed by atoms with Crippen LogP contribution in [0.5, 0.6) is 5.75 Å². The van der Waals surface area contributed by atoms with Crippen LogP contribution in [0.1, 0.15) is 39.7 Å². The molecule has 9 heteroatoms. The molecule has 1 fully saturated rings. The van der Waals surface area contributed by atoms with E-state index in [-0.39, 0.29) is 12.5 Å². The number of hydrogen-bond donors (Lipinski definition) is 2. The Balaban J connectivity index is 2.13. The molecule has 5 amide bonds. The van der Waals surface area contributed by atoms with Crippen molar-refractivity contribution >= 4 is 23.8 Å². The molecule has 1 aliphatic heterocycles. The summed E-state index contributed by atoms with van der Waals surface area (Å²) in [7, 11) is 3.00. The summed E-state index contributed by atoms with van der Waals surface area (Å²) < 4.78 is 5.14. The van der Waals surface area contributed by atoms with Crippen molar-refractivity contribution in [1.82, 2.24) is 20.4 Å². The first-order valence-electron chi connectivity index (χ1n) is 9.77. The van der Waals surface area contributed by atoms with Crippen LogP contribution in [0.15, 0.2) is 24.3 Å². The lowest BCUT2D eigenvalue weighted by molar-refractivity contribution is -0.140. The van der Waals surface area contributed by atoms with Gasteiger partial charge in [-0.25, -0.2) is 4.79 Å². The van der Waals surface area contributed by atoms with Crippen LogP contribution < -0.4 is 15.4 Å². The molecule has 0 aromatic heterocycles. The summed E-state index contributed by atoms with van der Waals surface area (Å²) in [5, 5.41) is 5.50. The van der Waals surface area contributed by atoms with Crippen molar-refractivity contribution in [2.24, 2.45) is 0 Å². The normalized spacial score (nSPS) is 18.8. The summed E-state index contributed by atoms with van der Waals surface area (Å²) in [5.41, 5.74) is -1.06. The Labute approximate surface area is 176 Å². The van der Waals surface area contributed by atoms with Crippen LogP contribution in [0.4, 0.5) is 4.79 Å². The lowest BCUT2D eigenvalue weighted by atomic mass is 9.87. The van der Waals surface area contributed by atoms with E-state index in [0.717, 1.165) is 4.90 Å². The van der Waals surface area contributed by atoms with E-state index in [4.69, 9.17) is 4.74 Å². The zero-order valence-corrected chi connectivity index (χ0v) is 18.4. The molecule has 1 saturated heterocycles. The van der Waals surface area contributed by atoms with Crippen LogP contribution in [0, 0.1) is 0 Å². The van der Waals surface area contributed by atoms with Gasteiger partial charge in [0.05, 0.1) is 13.7 Å². The van der Waals surface area contributed by atoms with Crippen molar-refractivity contribution in [1.29, 1.82) is 0 Å². The summed E-state index contributed by atoms with van der Waals surface area (Å²) >= 11 is 0. The van der Waals surface area contributed by atoms with Crippen molar-refractivity contribution in [3.63, 3.8) is 0 Å². The summed E-state index contributed by atoms with van der Waals surface area (Å²) in [6.07, 6.45) is 0.318. The average Bonchev–Trinajstić information content (AvgIpc) is 2.91. The first-order valence-corrected chi connectivity index (χ1v) is 9.77. The number of nitrogens with one attached hydrogen (secondary N) is 2. The number of rotatable bonds is 7. The monoisotopic (exact) mass is 418 g/mol. The van der Waals surface area contributed by atoms with Gasteiger partial charge < -0.3 is 20.3 Å². The molecule has 2 rings (SSSR count). The quantitative estimate of drug-likeness (QED) is 0.648. The van der Waals surface area contributed by atoms with E-state index in [2.05, 4.69) is 10.6 Å². The van der Waals surface area contributed by atoms with Gasteiger partial charge >= 0.3 is 6.03 Å². The molecule has 0 aliphatic carbocycles. The minimum atomic E-state index is -1.24. The second kappa shape index (κ2) is 8.73. The van der Waals surface area contributed by atoms with Gasteiger partial charge in [-0.2, -0.15) is 0 Å². The molecule has 9 nitrogen and oxygen atoms in total. The Morgan fingerprint density at radius 1 is 1.20 bits per heavy atom. The van der Waals surface area contributed by atoms with Crippen LogP contribution in [0.25, 0.3) is 0 Å². The van der Waals surface area contributed by atoms with Gasteiger partial charge in [0.1, 0.15) is 17.8 Å². The fourth-order valence-corrected chi connectivity index (χ4v) is 3.30. The Kier molecular flexibility index (Phi) is 6.74. The molecular formula is C21H30N4O5. The van der Waals surface area contributed by atoms with Gasteiger partial charge in [-0.05, 0) is 44.9 Å². The van der Waals surface area contributed by atoms with Gasteiger partial charge in [0.15, 0.2) is 0 Å². The molecule has 164 valence electrons. The minimum absolute atomic E-state index is 0.169. The third-order valence-electron chi connectivity index (χ3n) is 4.90. The molecule has 2 N–H and O–H groups in total. The third kappa shape index (κ3) is 4.90. The molecule has 1 atom stereocenters. The number of carbonyl (C=O) groups is 4. The number of benzene rings is 1. The largest absolute Gasteiger partial charge is 0.497 e. The Morgan fingerprint density at radius 2 is 1.80 bits per heavy atom. The van der Waals surface area contributed by atoms with Gasteiger partial charge in [0.25, 0.3) is 5.91 Å². The van der Waals surface area contributed by atoms with Crippen LogP contribution in [-0.4, -0.2) is 66.3 Å². The lowest BCUT2D eigenvalue weighted by Crippen LogP contribution is -2.49. The summed E-state index contributed by atoms with van der Waals surface area (Å²) in [4.78, 5) is 52.4. The molecule has 0 bridgehead atoms. The van der Waals surface area contributed by atoms with Gasteiger partial charge in [-0.1, -0.05) is 19.1 Å². The lowest BCUT2D eigenvalue weighted by Gasteiger charge is -2.26. The van der Waals surface area contributed by atoms with Crippen LogP contribution >= 0.6 is 0 Å². The highest BCUT2D eigenvalue weighted by atomic mass is 16.5. The number of likely N-dealkylation sites (N-methyl/N-ethyl adjacent to an activating group) is 1. The van der Waals surface area contributed by atoms with Crippen molar-refractivity contribution < 1.29 is 23.9 Å². The molecule has 0 radical (unpaired) electrons. The molecular weight excluding hydrogens is 388 g/mol. The summed E-state index contributed by atoms with van der Waals surface area (Å²) in [6, 6.07) is 6.21. The van der Waals surface area contributed by atoms with Gasteiger partial charge in [0.2, 0.25) is 11.8 Å². The first-order chi connectivity index (χ1) is 13.9. The number of carbonyl (C=O) groups excluding carboxylic acids is 4. The predicted molar refractivity (Wildman–Crippen MR) is 111 cm³/mol. The highest BCUT2D eigenvalue weighted by Crippen LogP contribution is 2.33. The Hall–Kier alpha value is -3.10. The molecule has 30 heavy (non-hydrogen) atoms. The maximum Gasteiger partial charge on any atom is 0.325 e. The van der Waals surface area contributed by atoms with Gasteiger partial charge in [-0.15, -0.1) is 0 Å². The van der Waals surface area contributed by atoms with Crippen molar-refractivity contribution in [2.45, 2.75) is 45.2 Å². The molecule has 0 spiro atoms. The van der Waals surface area contributed by atoms with Crippen LogP contribution in [0.3, 0.4) is 0 Å². The second-order valence-corrected chi connectivity index (χ2v) is 8.36. The maximum absolute atomic E-state index is 13.2. The fraction of sp³-hybridized carbons (Fsp3) is 0.524. The first kappa shape index (κ1) is 23.2. The summed E-state index contributed by atoms with van der Waals surface area (Å²) in [6.45, 7) is 6.69. The maximum atomic E-state index is 13.2. The number of amides is 5. The Morgan fingerprint density at radius 3 is 2.30 bits per heavy atom. The number of imide groups is 1. The van der Waals surface area contributed by atoms with Crippen LogP contribution in [0.2, 0.25) is 0 Å². The topological polar surface area (TPSA) is 108 Å². The second-order valence-electron chi connectivity index (χ2n) is 8.36. The van der Waals surface area contributed by atoms with E-state index in [1.54, 1.807) is 38.3 Å². The number of methoxy groups -OCH3 is 1. The van der Waals surface area contributed by atoms with Crippen molar-refractivity contribution in [3.05, 3.63) is 29.8 Å². The number of ether oxygens (including phenoxy) is 1. The third-order valence-corrected chi connectivity index (χ3v) is 4.90.